The van der Waals surface area contributed by atoms with Crippen LogP contribution in [0.3, 0.4) is 0 Å². The molecule has 2 N–H and O–H groups in total. The summed E-state index contributed by atoms with van der Waals surface area (Å²) < 4.78 is 1.95. The quantitative estimate of drug-likeness (QED) is 0.770. The molecule has 0 atom stereocenters. The SMILES string of the molecule is N#Cc1cc2ccccc2n1CCN. The number of hydrogen-bond acceptors (Lipinski definition) is 2. The van der Waals surface area contributed by atoms with Crippen molar-refractivity contribution in [1.29, 1.82) is 5.26 Å². The Bertz CT molecular complexity index is 491. The first-order valence-electron chi connectivity index (χ1n) is 4.55. The van der Waals surface area contributed by atoms with Gasteiger partial charge in [-0.05, 0) is 12.1 Å². The van der Waals surface area contributed by atoms with E-state index in [4.69, 9.17) is 11.0 Å². The maximum atomic E-state index is 8.93. The summed E-state index contributed by atoms with van der Waals surface area (Å²) >= 11 is 0. The van der Waals surface area contributed by atoms with Gasteiger partial charge in [0, 0.05) is 24.0 Å². The third-order valence-electron chi connectivity index (χ3n) is 2.28. The number of para-hydroxylation sites is 1. The van der Waals surface area contributed by atoms with E-state index >= 15 is 0 Å². The van der Waals surface area contributed by atoms with Gasteiger partial charge in [0.1, 0.15) is 11.8 Å². The fourth-order valence-electron chi connectivity index (χ4n) is 1.67. The normalized spacial score (nSPS) is 10.3. The van der Waals surface area contributed by atoms with Crippen molar-refractivity contribution >= 4 is 10.9 Å². The Morgan fingerprint density at radius 1 is 1.36 bits per heavy atom. The monoisotopic (exact) mass is 185 g/mol. The van der Waals surface area contributed by atoms with Crippen molar-refractivity contribution in [2.75, 3.05) is 6.54 Å². The molecule has 3 nitrogen and oxygen atoms in total. The maximum Gasteiger partial charge on any atom is 0.121 e. The Morgan fingerprint density at radius 3 is 2.86 bits per heavy atom. The van der Waals surface area contributed by atoms with Crippen LogP contribution in [0.4, 0.5) is 0 Å². The lowest BCUT2D eigenvalue weighted by atomic mass is 10.2. The maximum absolute atomic E-state index is 8.93. The molecule has 0 saturated carbocycles. The van der Waals surface area contributed by atoms with Crippen LogP contribution in [0.15, 0.2) is 30.3 Å². The molecule has 1 aromatic carbocycles. The molecule has 0 fully saturated rings. The number of nitrogens with two attached hydrogens (primary N) is 1. The summed E-state index contributed by atoms with van der Waals surface area (Å²) in [5.74, 6) is 0. The Morgan fingerprint density at radius 2 is 2.14 bits per heavy atom. The highest BCUT2D eigenvalue weighted by Crippen LogP contribution is 2.18. The summed E-state index contributed by atoms with van der Waals surface area (Å²) in [6.07, 6.45) is 0. The molecule has 0 aliphatic heterocycles. The van der Waals surface area contributed by atoms with Crippen LogP contribution in [0.5, 0.6) is 0 Å². The second kappa shape index (κ2) is 3.52. The molecule has 0 aliphatic carbocycles. The van der Waals surface area contributed by atoms with Crippen molar-refractivity contribution in [3.05, 3.63) is 36.0 Å². The van der Waals surface area contributed by atoms with Crippen LogP contribution in [0.25, 0.3) is 10.9 Å². The summed E-state index contributed by atoms with van der Waals surface area (Å²) in [6, 6.07) is 12.0. The third-order valence-corrected chi connectivity index (χ3v) is 2.28. The third kappa shape index (κ3) is 1.26. The second-order valence-corrected chi connectivity index (χ2v) is 3.14. The number of nitriles is 1. The standard InChI is InChI=1S/C11H11N3/c12-5-6-14-10(8-13)7-9-3-1-2-4-11(9)14/h1-4,7H,5-6,12H2. The Balaban J connectivity index is 2.69. The van der Waals surface area contributed by atoms with E-state index in [9.17, 15) is 0 Å². The molecular weight excluding hydrogens is 174 g/mol. The number of nitrogens with zero attached hydrogens (tertiary/aromatic N) is 2. The van der Waals surface area contributed by atoms with Crippen molar-refractivity contribution in [3.8, 4) is 6.07 Å². The smallest absolute Gasteiger partial charge is 0.121 e. The first-order chi connectivity index (χ1) is 6.86. The van der Waals surface area contributed by atoms with Gasteiger partial charge in [-0.1, -0.05) is 18.2 Å². The van der Waals surface area contributed by atoms with Gasteiger partial charge in [0.05, 0.1) is 0 Å². The van der Waals surface area contributed by atoms with E-state index in [1.807, 2.05) is 34.9 Å². The Hall–Kier alpha value is -1.79. The van der Waals surface area contributed by atoms with E-state index in [-0.39, 0.29) is 0 Å². The van der Waals surface area contributed by atoms with Crippen LogP contribution in [-0.4, -0.2) is 11.1 Å². The Kier molecular flexibility index (Phi) is 2.21. The summed E-state index contributed by atoms with van der Waals surface area (Å²) in [5, 5.41) is 10.0. The molecular formula is C11H11N3. The second-order valence-electron chi connectivity index (χ2n) is 3.14. The summed E-state index contributed by atoms with van der Waals surface area (Å²) in [5.41, 5.74) is 7.26. The molecule has 1 aromatic heterocycles. The average Bonchev–Trinajstić information content (AvgIpc) is 2.58. The number of fused-ring (bicyclic) bond motifs is 1. The molecule has 1 heterocycles. The number of aromatic nitrogens is 1. The number of rotatable bonds is 2. The van der Waals surface area contributed by atoms with Crippen LogP contribution in [0.1, 0.15) is 5.69 Å². The topological polar surface area (TPSA) is 54.7 Å². The van der Waals surface area contributed by atoms with E-state index in [0.717, 1.165) is 10.9 Å². The van der Waals surface area contributed by atoms with Crippen LogP contribution >= 0.6 is 0 Å². The summed E-state index contributed by atoms with van der Waals surface area (Å²) in [4.78, 5) is 0. The van der Waals surface area contributed by atoms with E-state index in [0.29, 0.717) is 18.8 Å². The summed E-state index contributed by atoms with van der Waals surface area (Å²) in [7, 11) is 0. The predicted octanol–water partition coefficient (Wildman–Crippen LogP) is 1.47. The fraction of sp³-hybridized carbons (Fsp3) is 0.182. The number of hydrogen-bond donors (Lipinski definition) is 1. The molecule has 0 radical (unpaired) electrons. The van der Waals surface area contributed by atoms with E-state index in [1.54, 1.807) is 0 Å². The van der Waals surface area contributed by atoms with Crippen molar-refractivity contribution in [2.45, 2.75) is 6.54 Å². The first-order valence-corrected chi connectivity index (χ1v) is 4.55. The molecule has 0 bridgehead atoms. The molecule has 0 aliphatic rings. The lowest BCUT2D eigenvalue weighted by Gasteiger charge is -2.03. The molecule has 2 aromatic rings. The van der Waals surface area contributed by atoms with Gasteiger partial charge in [-0.2, -0.15) is 5.26 Å². The minimum atomic E-state index is 0.549. The van der Waals surface area contributed by atoms with Crippen molar-refractivity contribution in [2.24, 2.45) is 5.73 Å². The van der Waals surface area contributed by atoms with Gasteiger partial charge >= 0.3 is 0 Å². The molecule has 0 unspecified atom stereocenters. The highest BCUT2D eigenvalue weighted by molar-refractivity contribution is 5.82. The molecule has 0 spiro atoms. The van der Waals surface area contributed by atoms with Crippen LogP contribution in [-0.2, 0) is 6.54 Å². The number of benzene rings is 1. The van der Waals surface area contributed by atoms with E-state index in [1.165, 1.54) is 0 Å². The molecule has 0 saturated heterocycles. The van der Waals surface area contributed by atoms with Crippen LogP contribution < -0.4 is 5.73 Å². The zero-order chi connectivity index (χ0) is 9.97. The van der Waals surface area contributed by atoms with E-state index in [2.05, 4.69) is 6.07 Å². The molecule has 0 amide bonds. The zero-order valence-electron chi connectivity index (χ0n) is 7.77. The summed E-state index contributed by atoms with van der Waals surface area (Å²) in [6.45, 7) is 1.24. The lowest BCUT2D eigenvalue weighted by Crippen LogP contribution is -2.10. The first kappa shape index (κ1) is 8.79. The molecule has 14 heavy (non-hydrogen) atoms. The van der Waals surface area contributed by atoms with Crippen LogP contribution in [0, 0.1) is 11.3 Å². The van der Waals surface area contributed by atoms with Gasteiger partial charge in [-0.25, -0.2) is 0 Å². The molecule has 2 rings (SSSR count). The van der Waals surface area contributed by atoms with Gasteiger partial charge < -0.3 is 10.3 Å². The van der Waals surface area contributed by atoms with Gasteiger partial charge in [0.25, 0.3) is 0 Å². The fourth-order valence-corrected chi connectivity index (χ4v) is 1.67. The Labute approximate surface area is 82.4 Å². The molecule has 3 heteroatoms. The largest absolute Gasteiger partial charge is 0.331 e. The highest BCUT2D eigenvalue weighted by Gasteiger charge is 2.05. The average molecular weight is 185 g/mol. The van der Waals surface area contributed by atoms with Gasteiger partial charge in [0.15, 0.2) is 0 Å². The van der Waals surface area contributed by atoms with E-state index < -0.39 is 0 Å². The minimum absolute atomic E-state index is 0.549. The minimum Gasteiger partial charge on any atom is -0.331 e. The van der Waals surface area contributed by atoms with Crippen molar-refractivity contribution in [3.63, 3.8) is 0 Å². The van der Waals surface area contributed by atoms with Gasteiger partial charge in [-0.15, -0.1) is 0 Å². The van der Waals surface area contributed by atoms with Crippen molar-refractivity contribution < 1.29 is 0 Å². The van der Waals surface area contributed by atoms with Gasteiger partial charge in [-0.3, -0.25) is 0 Å². The van der Waals surface area contributed by atoms with Crippen LogP contribution in [0.2, 0.25) is 0 Å². The van der Waals surface area contributed by atoms with Gasteiger partial charge in [0.2, 0.25) is 0 Å². The predicted molar refractivity (Wildman–Crippen MR) is 55.7 cm³/mol. The lowest BCUT2D eigenvalue weighted by molar-refractivity contribution is 0.727. The molecule has 70 valence electrons. The zero-order valence-corrected chi connectivity index (χ0v) is 7.77. The van der Waals surface area contributed by atoms with Crippen molar-refractivity contribution in [1.82, 2.24) is 4.57 Å². The highest BCUT2D eigenvalue weighted by atomic mass is 15.0.